The standard InChI is InChI=1S/C12H19F3O4/c1-8(2)5-11(3,4)10(17)18-6-9(16)19-7-12(13,14)15/h8H,5-7H2,1-4H3. The van der Waals surface area contributed by atoms with Crippen molar-refractivity contribution in [2.45, 2.75) is 40.3 Å². The minimum absolute atomic E-state index is 0.250. The molecule has 0 aromatic heterocycles. The van der Waals surface area contributed by atoms with Crippen LogP contribution in [-0.4, -0.2) is 31.3 Å². The van der Waals surface area contributed by atoms with Crippen molar-refractivity contribution >= 4 is 11.9 Å². The van der Waals surface area contributed by atoms with E-state index < -0.39 is 36.7 Å². The summed E-state index contributed by atoms with van der Waals surface area (Å²) in [6.45, 7) is 4.65. The minimum Gasteiger partial charge on any atom is -0.454 e. The Morgan fingerprint density at radius 3 is 2.05 bits per heavy atom. The van der Waals surface area contributed by atoms with Crippen LogP contribution in [0.3, 0.4) is 0 Å². The fourth-order valence-corrected chi connectivity index (χ4v) is 1.63. The molecule has 0 atom stereocenters. The lowest BCUT2D eigenvalue weighted by atomic mass is 9.84. The molecule has 0 bridgehead atoms. The second-order valence-electron chi connectivity index (χ2n) is 5.33. The highest BCUT2D eigenvalue weighted by molar-refractivity contribution is 5.79. The molecule has 0 aliphatic carbocycles. The number of esters is 2. The van der Waals surface area contributed by atoms with E-state index in [9.17, 15) is 22.8 Å². The molecule has 0 saturated heterocycles. The first kappa shape index (κ1) is 17.7. The Labute approximate surface area is 110 Å². The van der Waals surface area contributed by atoms with Crippen molar-refractivity contribution in [3.63, 3.8) is 0 Å². The van der Waals surface area contributed by atoms with Crippen LogP contribution in [0.2, 0.25) is 0 Å². The number of carbonyl (C=O) groups excluding carboxylic acids is 2. The summed E-state index contributed by atoms with van der Waals surface area (Å²) < 4.78 is 43.9. The number of carbonyl (C=O) groups is 2. The maximum Gasteiger partial charge on any atom is 0.422 e. The van der Waals surface area contributed by atoms with Crippen molar-refractivity contribution in [1.29, 1.82) is 0 Å². The van der Waals surface area contributed by atoms with E-state index in [2.05, 4.69) is 9.47 Å². The maximum absolute atomic E-state index is 11.8. The first-order valence-electron chi connectivity index (χ1n) is 5.83. The van der Waals surface area contributed by atoms with Crippen molar-refractivity contribution in [2.24, 2.45) is 11.3 Å². The quantitative estimate of drug-likeness (QED) is 0.704. The highest BCUT2D eigenvalue weighted by Gasteiger charge is 2.32. The Morgan fingerprint density at radius 2 is 1.63 bits per heavy atom. The molecule has 0 unspecified atom stereocenters. The molecule has 7 heteroatoms. The molecule has 0 heterocycles. The number of hydrogen-bond donors (Lipinski definition) is 0. The van der Waals surface area contributed by atoms with Gasteiger partial charge in [-0.15, -0.1) is 0 Å². The van der Waals surface area contributed by atoms with Crippen LogP contribution >= 0.6 is 0 Å². The number of rotatable bonds is 6. The predicted molar refractivity (Wildman–Crippen MR) is 61.2 cm³/mol. The number of ether oxygens (including phenoxy) is 2. The average Bonchev–Trinajstić information content (AvgIpc) is 2.20. The molecule has 0 fully saturated rings. The summed E-state index contributed by atoms with van der Waals surface area (Å²) in [5, 5.41) is 0. The molecule has 0 radical (unpaired) electrons. The maximum atomic E-state index is 11.8. The van der Waals surface area contributed by atoms with Gasteiger partial charge in [0.15, 0.2) is 13.2 Å². The van der Waals surface area contributed by atoms with Crippen molar-refractivity contribution in [3.8, 4) is 0 Å². The van der Waals surface area contributed by atoms with Gasteiger partial charge in [0.2, 0.25) is 0 Å². The number of halogens is 3. The highest BCUT2D eigenvalue weighted by atomic mass is 19.4. The third-order valence-corrected chi connectivity index (χ3v) is 2.19. The number of hydrogen-bond acceptors (Lipinski definition) is 4. The van der Waals surface area contributed by atoms with Gasteiger partial charge in [-0.05, 0) is 26.2 Å². The summed E-state index contributed by atoms with van der Waals surface area (Å²) in [6, 6.07) is 0. The molecule has 0 rings (SSSR count). The minimum atomic E-state index is -4.59. The van der Waals surface area contributed by atoms with Crippen molar-refractivity contribution in [1.82, 2.24) is 0 Å². The van der Waals surface area contributed by atoms with Gasteiger partial charge in [0.05, 0.1) is 5.41 Å². The van der Waals surface area contributed by atoms with Crippen LogP contribution in [0.25, 0.3) is 0 Å². The van der Waals surface area contributed by atoms with E-state index in [0.717, 1.165) is 0 Å². The second kappa shape index (κ2) is 6.77. The first-order chi connectivity index (χ1) is 8.44. The van der Waals surface area contributed by atoms with Crippen LogP contribution in [-0.2, 0) is 19.1 Å². The Kier molecular flexibility index (Phi) is 6.32. The lowest BCUT2D eigenvalue weighted by molar-refractivity contribution is -0.190. The van der Waals surface area contributed by atoms with Crippen LogP contribution in [0, 0.1) is 11.3 Å². The van der Waals surface area contributed by atoms with Crippen LogP contribution in [0.5, 0.6) is 0 Å². The summed E-state index contributed by atoms with van der Waals surface area (Å²) >= 11 is 0. The lowest BCUT2D eigenvalue weighted by Gasteiger charge is -2.24. The fraction of sp³-hybridized carbons (Fsp3) is 0.833. The zero-order chi connectivity index (χ0) is 15.3. The average molecular weight is 284 g/mol. The topological polar surface area (TPSA) is 52.6 Å². The van der Waals surface area contributed by atoms with E-state index in [1.807, 2.05) is 13.8 Å². The van der Waals surface area contributed by atoms with E-state index in [0.29, 0.717) is 6.42 Å². The SMILES string of the molecule is CC(C)CC(C)(C)C(=O)OCC(=O)OCC(F)(F)F. The summed E-state index contributed by atoms with van der Waals surface area (Å²) in [4.78, 5) is 22.6. The van der Waals surface area contributed by atoms with E-state index in [1.54, 1.807) is 13.8 Å². The van der Waals surface area contributed by atoms with Crippen LogP contribution in [0.4, 0.5) is 13.2 Å². The molecule has 0 aliphatic heterocycles. The zero-order valence-corrected chi connectivity index (χ0v) is 11.5. The van der Waals surface area contributed by atoms with Crippen LogP contribution in [0.15, 0.2) is 0 Å². The first-order valence-corrected chi connectivity index (χ1v) is 5.83. The summed E-state index contributed by atoms with van der Waals surface area (Å²) in [5.74, 6) is -1.60. The van der Waals surface area contributed by atoms with Gasteiger partial charge in [0.25, 0.3) is 0 Å². The number of alkyl halides is 3. The molecule has 4 nitrogen and oxygen atoms in total. The smallest absolute Gasteiger partial charge is 0.422 e. The Balaban J connectivity index is 4.12. The molecule has 0 spiro atoms. The molecule has 0 N–H and O–H groups in total. The zero-order valence-electron chi connectivity index (χ0n) is 11.5. The predicted octanol–water partition coefficient (Wildman–Crippen LogP) is 2.71. The van der Waals surface area contributed by atoms with Gasteiger partial charge in [-0.3, -0.25) is 4.79 Å². The monoisotopic (exact) mass is 284 g/mol. The summed E-state index contributed by atoms with van der Waals surface area (Å²) in [7, 11) is 0. The van der Waals surface area contributed by atoms with Gasteiger partial charge in [0, 0.05) is 0 Å². The van der Waals surface area contributed by atoms with Gasteiger partial charge >= 0.3 is 18.1 Å². The second-order valence-corrected chi connectivity index (χ2v) is 5.33. The molecular weight excluding hydrogens is 265 g/mol. The summed E-state index contributed by atoms with van der Waals surface area (Å²) in [5.41, 5.74) is -0.793. The van der Waals surface area contributed by atoms with E-state index >= 15 is 0 Å². The van der Waals surface area contributed by atoms with Crippen molar-refractivity contribution < 1.29 is 32.2 Å². The van der Waals surface area contributed by atoms with Gasteiger partial charge in [-0.25, -0.2) is 4.79 Å². The van der Waals surface area contributed by atoms with Gasteiger partial charge in [0.1, 0.15) is 0 Å². The van der Waals surface area contributed by atoms with Gasteiger partial charge < -0.3 is 9.47 Å². The lowest BCUT2D eigenvalue weighted by Crippen LogP contribution is -2.31. The third kappa shape index (κ3) is 8.45. The van der Waals surface area contributed by atoms with Gasteiger partial charge in [-0.1, -0.05) is 13.8 Å². The molecule has 0 saturated carbocycles. The van der Waals surface area contributed by atoms with E-state index in [4.69, 9.17) is 0 Å². The Morgan fingerprint density at radius 1 is 1.11 bits per heavy atom. The highest BCUT2D eigenvalue weighted by Crippen LogP contribution is 2.26. The molecular formula is C12H19F3O4. The molecule has 0 aromatic carbocycles. The van der Waals surface area contributed by atoms with Crippen molar-refractivity contribution in [3.05, 3.63) is 0 Å². The largest absolute Gasteiger partial charge is 0.454 e. The van der Waals surface area contributed by atoms with Gasteiger partial charge in [-0.2, -0.15) is 13.2 Å². The van der Waals surface area contributed by atoms with E-state index in [1.165, 1.54) is 0 Å². The van der Waals surface area contributed by atoms with Crippen LogP contribution in [0.1, 0.15) is 34.1 Å². The van der Waals surface area contributed by atoms with Crippen molar-refractivity contribution in [2.75, 3.05) is 13.2 Å². The molecule has 0 aromatic rings. The third-order valence-electron chi connectivity index (χ3n) is 2.19. The normalized spacial score (nSPS) is 12.4. The molecule has 0 aliphatic rings. The Hall–Kier alpha value is -1.27. The Bertz CT molecular complexity index is 321. The molecule has 112 valence electrons. The van der Waals surface area contributed by atoms with E-state index in [-0.39, 0.29) is 5.92 Å². The molecule has 19 heavy (non-hydrogen) atoms. The fourth-order valence-electron chi connectivity index (χ4n) is 1.63. The molecule has 0 amide bonds. The van der Waals surface area contributed by atoms with Crippen LogP contribution < -0.4 is 0 Å². The summed E-state index contributed by atoms with van der Waals surface area (Å²) in [6.07, 6.45) is -4.04.